The Hall–Kier alpha value is -1.04. The van der Waals surface area contributed by atoms with Crippen LogP contribution in [0.4, 0.5) is 5.95 Å². The lowest BCUT2D eigenvalue weighted by Crippen LogP contribution is -2.26. The highest BCUT2D eigenvalue weighted by Gasteiger charge is 2.31. The lowest BCUT2D eigenvalue weighted by Gasteiger charge is -2.25. The van der Waals surface area contributed by atoms with Gasteiger partial charge in [-0.15, -0.1) is 0 Å². The maximum Gasteiger partial charge on any atom is 0.203 e. The number of imidazole rings is 1. The van der Waals surface area contributed by atoms with Crippen LogP contribution in [0.5, 0.6) is 0 Å². The highest BCUT2D eigenvalue weighted by Crippen LogP contribution is 2.30. The zero-order chi connectivity index (χ0) is 14.0. The molecule has 6 heteroatoms. The van der Waals surface area contributed by atoms with Gasteiger partial charge in [-0.05, 0) is 25.7 Å². The summed E-state index contributed by atoms with van der Waals surface area (Å²) in [7, 11) is -2.88. The molecule has 1 aromatic rings. The van der Waals surface area contributed by atoms with Gasteiger partial charge in [0.05, 0.1) is 11.0 Å². The van der Waals surface area contributed by atoms with Gasteiger partial charge < -0.3 is 9.88 Å². The molecule has 1 aliphatic carbocycles. The van der Waals surface area contributed by atoms with Crippen molar-refractivity contribution in [3.63, 3.8) is 0 Å². The maximum absolute atomic E-state index is 11.8. The monoisotopic (exact) mass is 297 g/mol. The van der Waals surface area contributed by atoms with Crippen molar-refractivity contribution in [1.82, 2.24) is 9.55 Å². The third kappa shape index (κ3) is 2.85. The molecular weight excluding hydrogens is 274 g/mol. The predicted molar refractivity (Wildman–Crippen MR) is 79.6 cm³/mol. The van der Waals surface area contributed by atoms with Crippen molar-refractivity contribution in [3.05, 3.63) is 12.4 Å². The van der Waals surface area contributed by atoms with E-state index in [-0.39, 0.29) is 5.25 Å². The minimum atomic E-state index is -2.88. The van der Waals surface area contributed by atoms with Gasteiger partial charge in [-0.25, -0.2) is 13.4 Å². The molecule has 1 saturated heterocycles. The van der Waals surface area contributed by atoms with Crippen LogP contribution >= 0.6 is 0 Å². The normalized spacial score (nSPS) is 26.7. The van der Waals surface area contributed by atoms with Gasteiger partial charge in [0.15, 0.2) is 9.84 Å². The summed E-state index contributed by atoms with van der Waals surface area (Å²) in [4.78, 5) is 4.36. The highest BCUT2D eigenvalue weighted by atomic mass is 32.2. The summed E-state index contributed by atoms with van der Waals surface area (Å²) in [5, 5.41) is 3.02. The first kappa shape index (κ1) is 13.9. The smallest absolute Gasteiger partial charge is 0.203 e. The Bertz CT molecular complexity index is 547. The SMILES string of the molecule is O=S1(=O)CCCC1CNc1nccn1C1CCCCC1. The van der Waals surface area contributed by atoms with Crippen LogP contribution in [0.2, 0.25) is 0 Å². The number of anilines is 1. The van der Waals surface area contributed by atoms with Crippen molar-refractivity contribution in [1.29, 1.82) is 0 Å². The first-order valence-electron chi connectivity index (χ1n) is 7.65. The number of nitrogens with zero attached hydrogens (tertiary/aromatic N) is 2. The fourth-order valence-corrected chi connectivity index (χ4v) is 5.16. The molecular formula is C14H23N3O2S. The van der Waals surface area contributed by atoms with Crippen molar-refractivity contribution in [2.75, 3.05) is 17.6 Å². The molecule has 0 radical (unpaired) electrons. The minimum Gasteiger partial charge on any atom is -0.354 e. The van der Waals surface area contributed by atoms with Crippen LogP contribution in [0.3, 0.4) is 0 Å². The molecule has 2 fully saturated rings. The molecule has 112 valence electrons. The predicted octanol–water partition coefficient (Wildman–Crippen LogP) is 2.38. The second-order valence-electron chi connectivity index (χ2n) is 5.96. The Kier molecular flexibility index (Phi) is 4.01. The van der Waals surface area contributed by atoms with E-state index in [0.29, 0.717) is 18.3 Å². The summed E-state index contributed by atoms with van der Waals surface area (Å²) in [6.07, 6.45) is 11.7. The molecule has 0 aromatic carbocycles. The van der Waals surface area contributed by atoms with E-state index >= 15 is 0 Å². The summed E-state index contributed by atoms with van der Waals surface area (Å²) >= 11 is 0. The fourth-order valence-electron chi connectivity index (χ4n) is 3.40. The molecule has 1 aromatic heterocycles. The van der Waals surface area contributed by atoms with Crippen LogP contribution < -0.4 is 5.32 Å². The Morgan fingerprint density at radius 2 is 2.00 bits per heavy atom. The van der Waals surface area contributed by atoms with Crippen molar-refractivity contribution in [2.45, 2.75) is 56.2 Å². The van der Waals surface area contributed by atoms with Crippen LogP contribution in [0.15, 0.2) is 12.4 Å². The molecule has 1 saturated carbocycles. The third-order valence-corrected chi connectivity index (χ3v) is 6.86. The lowest BCUT2D eigenvalue weighted by atomic mass is 9.95. The topological polar surface area (TPSA) is 64.0 Å². The van der Waals surface area contributed by atoms with Gasteiger partial charge >= 0.3 is 0 Å². The molecule has 1 unspecified atom stereocenters. The Morgan fingerprint density at radius 3 is 2.70 bits per heavy atom. The average molecular weight is 297 g/mol. The van der Waals surface area contributed by atoms with Crippen LogP contribution in [0, 0.1) is 0 Å². The summed E-state index contributed by atoms with van der Waals surface area (Å²) < 4.78 is 25.9. The van der Waals surface area contributed by atoms with E-state index in [1.165, 1.54) is 32.1 Å². The van der Waals surface area contributed by atoms with E-state index in [4.69, 9.17) is 0 Å². The Labute approximate surface area is 120 Å². The average Bonchev–Trinajstić information content (AvgIpc) is 3.03. The van der Waals surface area contributed by atoms with Crippen LogP contribution in [-0.4, -0.2) is 35.5 Å². The van der Waals surface area contributed by atoms with Gasteiger partial charge in [0.25, 0.3) is 0 Å². The van der Waals surface area contributed by atoms with E-state index in [1.54, 1.807) is 6.20 Å². The molecule has 2 heterocycles. The number of rotatable bonds is 4. The summed E-state index contributed by atoms with van der Waals surface area (Å²) in [5.41, 5.74) is 0. The molecule has 1 N–H and O–H groups in total. The van der Waals surface area contributed by atoms with Crippen molar-refractivity contribution < 1.29 is 8.42 Å². The zero-order valence-electron chi connectivity index (χ0n) is 11.8. The van der Waals surface area contributed by atoms with Gasteiger partial charge in [-0.2, -0.15) is 0 Å². The van der Waals surface area contributed by atoms with E-state index in [9.17, 15) is 8.42 Å². The molecule has 1 atom stereocenters. The first-order chi connectivity index (χ1) is 9.67. The van der Waals surface area contributed by atoms with Crippen LogP contribution in [0.1, 0.15) is 51.0 Å². The molecule has 0 amide bonds. The fraction of sp³-hybridized carbons (Fsp3) is 0.786. The summed E-state index contributed by atoms with van der Waals surface area (Å²) in [5.74, 6) is 1.18. The molecule has 2 aliphatic rings. The van der Waals surface area contributed by atoms with E-state index in [2.05, 4.69) is 14.9 Å². The second-order valence-corrected chi connectivity index (χ2v) is 8.36. The number of hydrogen-bond acceptors (Lipinski definition) is 4. The van der Waals surface area contributed by atoms with Gasteiger partial charge in [-0.3, -0.25) is 0 Å². The lowest BCUT2D eigenvalue weighted by molar-refractivity contribution is 0.356. The van der Waals surface area contributed by atoms with Gasteiger partial charge in [0.2, 0.25) is 5.95 Å². The number of nitrogens with one attached hydrogen (secondary N) is 1. The number of hydrogen-bond donors (Lipinski definition) is 1. The van der Waals surface area contributed by atoms with Gasteiger partial charge in [0.1, 0.15) is 0 Å². The Balaban J connectivity index is 1.65. The maximum atomic E-state index is 11.8. The van der Waals surface area contributed by atoms with E-state index in [0.717, 1.165) is 18.8 Å². The number of aromatic nitrogens is 2. The Morgan fingerprint density at radius 1 is 1.20 bits per heavy atom. The van der Waals surface area contributed by atoms with Crippen molar-refractivity contribution >= 4 is 15.8 Å². The summed E-state index contributed by atoms with van der Waals surface area (Å²) in [6.45, 7) is 0.492. The zero-order valence-corrected chi connectivity index (χ0v) is 12.6. The second kappa shape index (κ2) is 5.76. The number of sulfone groups is 1. The third-order valence-electron chi connectivity index (χ3n) is 4.59. The van der Waals surface area contributed by atoms with Crippen LogP contribution in [0.25, 0.3) is 0 Å². The van der Waals surface area contributed by atoms with Crippen LogP contribution in [-0.2, 0) is 9.84 Å². The van der Waals surface area contributed by atoms with E-state index < -0.39 is 9.84 Å². The minimum absolute atomic E-state index is 0.237. The van der Waals surface area contributed by atoms with Gasteiger partial charge in [0, 0.05) is 25.0 Å². The highest BCUT2D eigenvalue weighted by molar-refractivity contribution is 7.92. The molecule has 5 nitrogen and oxygen atoms in total. The van der Waals surface area contributed by atoms with E-state index in [1.807, 2.05) is 6.20 Å². The molecule has 3 rings (SSSR count). The van der Waals surface area contributed by atoms with Crippen molar-refractivity contribution in [3.8, 4) is 0 Å². The molecule has 20 heavy (non-hydrogen) atoms. The quantitative estimate of drug-likeness (QED) is 0.926. The first-order valence-corrected chi connectivity index (χ1v) is 9.36. The van der Waals surface area contributed by atoms with Gasteiger partial charge in [-0.1, -0.05) is 19.3 Å². The largest absolute Gasteiger partial charge is 0.354 e. The molecule has 0 bridgehead atoms. The molecule has 0 spiro atoms. The van der Waals surface area contributed by atoms with Crippen molar-refractivity contribution in [2.24, 2.45) is 0 Å². The standard InChI is InChI=1S/C14H23N3O2S/c18-20(19)10-4-7-13(20)11-16-14-15-8-9-17(14)12-5-2-1-3-6-12/h8-9,12-13H,1-7,10-11H2,(H,15,16). The molecule has 1 aliphatic heterocycles. The summed E-state index contributed by atoms with van der Waals surface area (Å²) in [6, 6.07) is 0.522.